The number of fused-ring (bicyclic) bond motifs is 1. The van der Waals surface area contributed by atoms with Crippen LogP contribution in [0.3, 0.4) is 0 Å². The lowest BCUT2D eigenvalue weighted by molar-refractivity contribution is 0.203. The van der Waals surface area contributed by atoms with Crippen LogP contribution in [0.5, 0.6) is 0 Å². The van der Waals surface area contributed by atoms with Crippen molar-refractivity contribution in [2.24, 2.45) is 0 Å². The molecular formula is C23H14F2N8O. The van der Waals surface area contributed by atoms with E-state index in [9.17, 15) is 19.1 Å². The highest BCUT2D eigenvalue weighted by Crippen LogP contribution is 2.34. The number of aromatic nitrogens is 6. The molecule has 2 aromatic carbocycles. The van der Waals surface area contributed by atoms with Gasteiger partial charge in [0.25, 0.3) is 0 Å². The van der Waals surface area contributed by atoms with Crippen molar-refractivity contribution in [3.05, 3.63) is 89.6 Å². The Morgan fingerprint density at radius 3 is 2.65 bits per heavy atom. The van der Waals surface area contributed by atoms with Crippen LogP contribution < -0.4 is 5.73 Å². The molecular weight excluding hydrogens is 442 g/mol. The molecule has 9 nitrogen and oxygen atoms in total. The van der Waals surface area contributed by atoms with Crippen molar-refractivity contribution in [3.63, 3.8) is 0 Å². The summed E-state index contributed by atoms with van der Waals surface area (Å²) >= 11 is 0. The van der Waals surface area contributed by atoms with Gasteiger partial charge in [0, 0.05) is 17.3 Å². The molecule has 1 unspecified atom stereocenters. The van der Waals surface area contributed by atoms with E-state index in [-0.39, 0.29) is 22.9 Å². The van der Waals surface area contributed by atoms with Gasteiger partial charge in [0.2, 0.25) is 0 Å². The second-order valence-corrected chi connectivity index (χ2v) is 7.20. The summed E-state index contributed by atoms with van der Waals surface area (Å²) in [6.07, 6.45) is 1.16. The maximum absolute atomic E-state index is 14.3. The molecule has 5 aromatic rings. The first kappa shape index (κ1) is 21.0. The third kappa shape index (κ3) is 3.39. The van der Waals surface area contributed by atoms with Crippen LogP contribution in [0.4, 0.5) is 14.6 Å². The van der Waals surface area contributed by atoms with Crippen LogP contribution in [-0.4, -0.2) is 34.7 Å². The summed E-state index contributed by atoms with van der Waals surface area (Å²) in [4.78, 5) is 16.9. The SMILES string of the molecule is N#Cc1ccccc1-c1nc(N)c2nc(C(O)c3cccc(F)c3F)nn2c1-c1ccncn1. The highest BCUT2D eigenvalue weighted by atomic mass is 19.2. The van der Waals surface area contributed by atoms with E-state index in [4.69, 9.17) is 5.73 Å². The quantitative estimate of drug-likeness (QED) is 0.421. The van der Waals surface area contributed by atoms with E-state index < -0.39 is 17.7 Å². The summed E-state index contributed by atoms with van der Waals surface area (Å²) in [5.74, 6) is -2.59. The summed E-state index contributed by atoms with van der Waals surface area (Å²) in [6.45, 7) is 0. The predicted molar refractivity (Wildman–Crippen MR) is 117 cm³/mol. The monoisotopic (exact) mass is 456 g/mol. The highest BCUT2D eigenvalue weighted by molar-refractivity contribution is 5.83. The number of hydrogen-bond donors (Lipinski definition) is 2. The normalized spacial score (nSPS) is 11.9. The number of nitrogens with two attached hydrogens (primary N) is 1. The molecule has 3 N–H and O–H groups in total. The number of nitrogen functional groups attached to an aromatic ring is 1. The third-order valence-electron chi connectivity index (χ3n) is 5.17. The number of aliphatic hydroxyl groups excluding tert-OH is 1. The van der Waals surface area contributed by atoms with Crippen molar-refractivity contribution < 1.29 is 13.9 Å². The fraction of sp³-hybridized carbons (Fsp3) is 0.0435. The van der Waals surface area contributed by atoms with Gasteiger partial charge >= 0.3 is 0 Å². The van der Waals surface area contributed by atoms with Crippen molar-refractivity contribution >= 4 is 11.5 Å². The standard InChI is InChI=1S/C23H14F2N8O/c24-15-7-3-6-14(17(15)25)20(34)22-31-23-21(27)30-18(13-5-2-1-4-12(13)10-26)19(33(23)32-22)16-8-9-28-11-29-16/h1-9,11,20,34H,(H2,27,30). The highest BCUT2D eigenvalue weighted by Gasteiger charge is 2.26. The Balaban J connectivity index is 1.80. The summed E-state index contributed by atoms with van der Waals surface area (Å²) < 4.78 is 29.3. The lowest BCUT2D eigenvalue weighted by atomic mass is 10.0. The van der Waals surface area contributed by atoms with Crippen LogP contribution in [0.2, 0.25) is 0 Å². The molecule has 34 heavy (non-hydrogen) atoms. The molecule has 3 heterocycles. The Labute approximate surface area is 190 Å². The molecule has 0 fully saturated rings. The Hall–Kier alpha value is -4.82. The van der Waals surface area contributed by atoms with Crippen molar-refractivity contribution in [1.82, 2.24) is 29.5 Å². The number of hydrogen-bond acceptors (Lipinski definition) is 8. The lowest BCUT2D eigenvalue weighted by Crippen LogP contribution is -2.07. The van der Waals surface area contributed by atoms with E-state index in [0.29, 0.717) is 28.2 Å². The van der Waals surface area contributed by atoms with E-state index >= 15 is 0 Å². The third-order valence-corrected chi connectivity index (χ3v) is 5.17. The second-order valence-electron chi connectivity index (χ2n) is 7.20. The topological polar surface area (TPSA) is 139 Å². The maximum atomic E-state index is 14.3. The number of nitrogens with zero attached hydrogens (tertiary/aromatic N) is 7. The molecule has 0 saturated heterocycles. The molecule has 0 aliphatic rings. The Bertz CT molecular complexity index is 1580. The molecule has 0 spiro atoms. The first-order chi connectivity index (χ1) is 16.5. The van der Waals surface area contributed by atoms with Crippen LogP contribution in [0, 0.1) is 23.0 Å². The molecule has 0 aliphatic heterocycles. The molecule has 0 bridgehead atoms. The Morgan fingerprint density at radius 1 is 1.06 bits per heavy atom. The van der Waals surface area contributed by atoms with E-state index in [1.54, 1.807) is 30.3 Å². The van der Waals surface area contributed by atoms with Gasteiger partial charge in [0.15, 0.2) is 28.9 Å². The van der Waals surface area contributed by atoms with E-state index in [2.05, 4.69) is 31.1 Å². The first-order valence-corrected chi connectivity index (χ1v) is 9.93. The molecule has 0 saturated carbocycles. The zero-order valence-electron chi connectivity index (χ0n) is 17.3. The summed E-state index contributed by atoms with van der Waals surface area (Å²) in [7, 11) is 0. The van der Waals surface area contributed by atoms with Gasteiger partial charge in [-0.3, -0.25) is 0 Å². The van der Waals surface area contributed by atoms with Crippen molar-refractivity contribution in [2.45, 2.75) is 6.10 Å². The molecule has 1 atom stereocenters. The van der Waals surface area contributed by atoms with Crippen LogP contribution >= 0.6 is 0 Å². The molecule has 0 radical (unpaired) electrons. The van der Waals surface area contributed by atoms with E-state index in [1.807, 2.05) is 0 Å². The summed E-state index contributed by atoms with van der Waals surface area (Å²) in [6, 6.07) is 14.0. The zero-order chi connectivity index (χ0) is 23.8. The van der Waals surface area contributed by atoms with Gasteiger partial charge < -0.3 is 10.8 Å². The van der Waals surface area contributed by atoms with E-state index in [0.717, 1.165) is 6.07 Å². The average Bonchev–Trinajstić information content (AvgIpc) is 3.32. The summed E-state index contributed by atoms with van der Waals surface area (Å²) in [5, 5.41) is 24.7. The van der Waals surface area contributed by atoms with Gasteiger partial charge in [0.1, 0.15) is 23.8 Å². The zero-order valence-corrected chi connectivity index (χ0v) is 17.3. The maximum Gasteiger partial charge on any atom is 0.199 e. The molecule has 11 heteroatoms. The number of aliphatic hydroxyl groups is 1. The van der Waals surface area contributed by atoms with Crippen molar-refractivity contribution in [3.8, 4) is 28.7 Å². The van der Waals surface area contributed by atoms with Crippen LogP contribution in [0.1, 0.15) is 23.1 Å². The van der Waals surface area contributed by atoms with Gasteiger partial charge in [-0.25, -0.2) is 33.2 Å². The van der Waals surface area contributed by atoms with Crippen molar-refractivity contribution in [1.29, 1.82) is 5.26 Å². The molecule has 5 rings (SSSR count). The minimum Gasteiger partial charge on any atom is -0.381 e. The minimum atomic E-state index is -1.68. The number of halogens is 2. The molecule has 3 aromatic heterocycles. The fourth-order valence-electron chi connectivity index (χ4n) is 3.60. The second kappa shape index (κ2) is 8.27. The molecule has 0 amide bonds. The van der Waals surface area contributed by atoms with Crippen LogP contribution in [0.15, 0.2) is 61.1 Å². The smallest absolute Gasteiger partial charge is 0.199 e. The Morgan fingerprint density at radius 2 is 1.88 bits per heavy atom. The minimum absolute atomic E-state index is 0.0498. The van der Waals surface area contributed by atoms with Crippen LogP contribution in [-0.2, 0) is 0 Å². The first-order valence-electron chi connectivity index (χ1n) is 9.93. The fourth-order valence-corrected chi connectivity index (χ4v) is 3.60. The van der Waals surface area contributed by atoms with Gasteiger partial charge in [-0.05, 0) is 18.2 Å². The summed E-state index contributed by atoms with van der Waals surface area (Å²) in [5.41, 5.74) is 7.72. The number of benzene rings is 2. The average molecular weight is 456 g/mol. The molecule has 0 aliphatic carbocycles. The lowest BCUT2D eigenvalue weighted by Gasteiger charge is -2.12. The largest absolute Gasteiger partial charge is 0.381 e. The van der Waals surface area contributed by atoms with Gasteiger partial charge in [-0.2, -0.15) is 5.26 Å². The molecule has 166 valence electrons. The number of anilines is 1. The van der Waals surface area contributed by atoms with E-state index in [1.165, 1.54) is 29.2 Å². The number of nitriles is 1. The van der Waals surface area contributed by atoms with Crippen molar-refractivity contribution in [2.75, 3.05) is 5.73 Å². The number of rotatable bonds is 4. The van der Waals surface area contributed by atoms with Gasteiger partial charge in [-0.1, -0.05) is 30.3 Å². The van der Waals surface area contributed by atoms with Gasteiger partial charge in [0.05, 0.1) is 17.3 Å². The predicted octanol–water partition coefficient (Wildman–Crippen LogP) is 3.06. The van der Waals surface area contributed by atoms with Crippen LogP contribution in [0.25, 0.3) is 28.3 Å². The van der Waals surface area contributed by atoms with Gasteiger partial charge in [-0.15, -0.1) is 5.10 Å². The Kier molecular flexibility index (Phi) is 5.12.